The van der Waals surface area contributed by atoms with E-state index in [1.54, 1.807) is 7.11 Å². The van der Waals surface area contributed by atoms with Crippen LogP contribution in [0.2, 0.25) is 0 Å². The number of piperidine rings is 1. The summed E-state index contributed by atoms with van der Waals surface area (Å²) in [6.07, 6.45) is 7.28. The van der Waals surface area contributed by atoms with E-state index in [9.17, 15) is 0 Å². The van der Waals surface area contributed by atoms with E-state index < -0.39 is 5.60 Å². The number of aryl methyl sites for hydroxylation is 1. The summed E-state index contributed by atoms with van der Waals surface area (Å²) >= 11 is 0. The largest absolute Gasteiger partial charge is 0.384 e. The molecule has 164 valence electrons. The summed E-state index contributed by atoms with van der Waals surface area (Å²) in [5.41, 5.74) is 10.1. The maximum Gasteiger partial charge on any atom is 0.137 e. The molecule has 5 rings (SSSR count). The molecule has 3 aromatic heterocycles. The van der Waals surface area contributed by atoms with Crippen LogP contribution in [-0.2, 0) is 15.1 Å². The number of methoxy groups -OCH3 is 1. The van der Waals surface area contributed by atoms with Crippen molar-refractivity contribution in [1.82, 2.24) is 19.4 Å². The second kappa shape index (κ2) is 7.89. The summed E-state index contributed by atoms with van der Waals surface area (Å²) in [7, 11) is 3.94. The zero-order chi connectivity index (χ0) is 21.6. The average molecular weight is 422 g/mol. The topological polar surface area (TPSA) is 78.4 Å². The molecule has 5 heterocycles. The van der Waals surface area contributed by atoms with Crippen LogP contribution < -0.4 is 5.73 Å². The first-order chi connectivity index (χ1) is 15.0. The highest BCUT2D eigenvalue weighted by molar-refractivity contribution is 5.87. The van der Waals surface area contributed by atoms with E-state index in [0.717, 1.165) is 54.9 Å². The third kappa shape index (κ3) is 3.60. The number of hydrogen-bond acceptors (Lipinski definition) is 6. The number of hydrogen-bond donors (Lipinski definition) is 1. The van der Waals surface area contributed by atoms with Gasteiger partial charge < -0.3 is 24.7 Å². The number of ether oxygens (including phenoxy) is 2. The van der Waals surface area contributed by atoms with Crippen molar-refractivity contribution in [3.8, 4) is 5.82 Å². The number of nitrogens with zero attached hydrogens (tertiary/aromatic N) is 4. The minimum Gasteiger partial charge on any atom is -0.384 e. The molecule has 0 amide bonds. The van der Waals surface area contributed by atoms with Gasteiger partial charge in [-0.1, -0.05) is 0 Å². The van der Waals surface area contributed by atoms with Crippen molar-refractivity contribution in [2.75, 3.05) is 46.2 Å². The summed E-state index contributed by atoms with van der Waals surface area (Å²) in [6, 6.07) is 6.20. The summed E-state index contributed by atoms with van der Waals surface area (Å²) < 4.78 is 13.8. The van der Waals surface area contributed by atoms with Crippen LogP contribution >= 0.6 is 0 Å². The lowest BCUT2D eigenvalue weighted by molar-refractivity contribution is -0.0246. The predicted molar refractivity (Wildman–Crippen MR) is 122 cm³/mol. The van der Waals surface area contributed by atoms with Crippen molar-refractivity contribution >= 4 is 16.7 Å². The van der Waals surface area contributed by atoms with Gasteiger partial charge in [0.05, 0.1) is 17.8 Å². The van der Waals surface area contributed by atoms with Crippen molar-refractivity contribution in [1.29, 1.82) is 0 Å². The van der Waals surface area contributed by atoms with E-state index in [1.807, 2.05) is 12.3 Å². The zero-order valence-corrected chi connectivity index (χ0v) is 18.6. The molecule has 0 aromatic carbocycles. The number of aromatic nitrogens is 3. The van der Waals surface area contributed by atoms with E-state index in [-0.39, 0.29) is 0 Å². The molecule has 0 saturated carbocycles. The molecule has 3 aromatic rings. The molecular formula is C24H31N5O2. The fraction of sp³-hybridized carbons (Fsp3) is 0.500. The SMILES string of the molecule is CO[C@@]1(c2cc(C)cc(-n3cc(C4CCN(C)CC4)c4cnc(N)cc43)n2)CCOC1. The Morgan fingerprint density at radius 3 is 2.74 bits per heavy atom. The Hall–Kier alpha value is -2.48. The van der Waals surface area contributed by atoms with Crippen LogP contribution in [0.3, 0.4) is 0 Å². The van der Waals surface area contributed by atoms with Gasteiger partial charge >= 0.3 is 0 Å². The van der Waals surface area contributed by atoms with E-state index in [4.69, 9.17) is 20.2 Å². The van der Waals surface area contributed by atoms with Crippen LogP contribution in [0, 0.1) is 6.92 Å². The lowest BCUT2D eigenvalue weighted by atomic mass is 9.90. The van der Waals surface area contributed by atoms with Gasteiger partial charge in [0.15, 0.2) is 0 Å². The molecule has 2 aliphatic rings. The second-order valence-electron chi connectivity index (χ2n) is 9.05. The van der Waals surface area contributed by atoms with Gasteiger partial charge in [0, 0.05) is 44.0 Å². The Morgan fingerprint density at radius 2 is 2.03 bits per heavy atom. The fourth-order valence-electron chi connectivity index (χ4n) is 5.01. The van der Waals surface area contributed by atoms with Crippen LogP contribution in [0.15, 0.2) is 30.6 Å². The number of likely N-dealkylation sites (tertiary alicyclic amines) is 1. The molecular weight excluding hydrogens is 390 g/mol. The van der Waals surface area contributed by atoms with Crippen LogP contribution in [0.4, 0.5) is 5.82 Å². The van der Waals surface area contributed by atoms with Crippen molar-refractivity contribution in [2.24, 2.45) is 0 Å². The maximum atomic E-state index is 6.09. The number of pyridine rings is 2. The van der Waals surface area contributed by atoms with E-state index in [2.05, 4.69) is 46.8 Å². The molecule has 1 atom stereocenters. The fourth-order valence-corrected chi connectivity index (χ4v) is 5.01. The van der Waals surface area contributed by atoms with Gasteiger partial charge in [0.2, 0.25) is 0 Å². The first kappa shape index (κ1) is 20.4. The molecule has 2 fully saturated rings. The molecule has 2 aliphatic heterocycles. The Kier molecular flexibility index (Phi) is 5.20. The monoisotopic (exact) mass is 421 g/mol. The molecule has 0 aliphatic carbocycles. The van der Waals surface area contributed by atoms with E-state index in [0.29, 0.717) is 24.9 Å². The van der Waals surface area contributed by atoms with Crippen molar-refractivity contribution in [3.05, 3.63) is 47.4 Å². The van der Waals surface area contributed by atoms with Gasteiger partial charge in [-0.3, -0.25) is 0 Å². The van der Waals surface area contributed by atoms with E-state index >= 15 is 0 Å². The van der Waals surface area contributed by atoms with Crippen molar-refractivity contribution in [3.63, 3.8) is 0 Å². The molecule has 0 unspecified atom stereocenters. The lowest BCUT2D eigenvalue weighted by Crippen LogP contribution is -2.30. The van der Waals surface area contributed by atoms with Gasteiger partial charge in [-0.15, -0.1) is 0 Å². The number of nitrogens with two attached hydrogens (primary N) is 1. The smallest absolute Gasteiger partial charge is 0.137 e. The molecule has 31 heavy (non-hydrogen) atoms. The van der Waals surface area contributed by atoms with Crippen molar-refractivity contribution < 1.29 is 9.47 Å². The van der Waals surface area contributed by atoms with E-state index in [1.165, 1.54) is 10.9 Å². The highest BCUT2D eigenvalue weighted by atomic mass is 16.5. The summed E-state index contributed by atoms with van der Waals surface area (Å²) in [4.78, 5) is 11.9. The van der Waals surface area contributed by atoms with Gasteiger partial charge in [0.25, 0.3) is 0 Å². The second-order valence-corrected chi connectivity index (χ2v) is 9.05. The third-order valence-corrected chi connectivity index (χ3v) is 6.95. The molecule has 2 saturated heterocycles. The summed E-state index contributed by atoms with van der Waals surface area (Å²) in [5, 5.41) is 1.17. The van der Waals surface area contributed by atoms with Crippen molar-refractivity contribution in [2.45, 2.75) is 37.7 Å². The van der Waals surface area contributed by atoms with Crippen LogP contribution in [-0.4, -0.2) is 59.9 Å². The predicted octanol–water partition coefficient (Wildman–Crippen LogP) is 3.38. The number of rotatable bonds is 4. The zero-order valence-electron chi connectivity index (χ0n) is 18.6. The average Bonchev–Trinajstić information content (AvgIpc) is 3.39. The minimum absolute atomic E-state index is 0.485. The summed E-state index contributed by atoms with van der Waals surface area (Å²) in [6.45, 7) is 5.55. The first-order valence-electron chi connectivity index (χ1n) is 11.1. The molecule has 7 heteroatoms. The van der Waals surface area contributed by atoms with Gasteiger partial charge in [0.1, 0.15) is 17.2 Å². The van der Waals surface area contributed by atoms with Gasteiger partial charge in [-0.2, -0.15) is 0 Å². The number of anilines is 1. The highest BCUT2D eigenvalue weighted by Gasteiger charge is 2.38. The standard InChI is InChI=1S/C24H31N5O2/c1-16-10-21(24(30-3)6-9-31-15-24)27-23(11-16)29-14-19(17-4-7-28(2)8-5-17)18-13-26-22(25)12-20(18)29/h10-14,17H,4-9,15H2,1-3H3,(H2,25,26)/t24-/m0/s1. The molecule has 0 radical (unpaired) electrons. The Labute approximate surface area is 183 Å². The maximum absolute atomic E-state index is 6.09. The van der Waals surface area contributed by atoms with Gasteiger partial charge in [-0.25, -0.2) is 9.97 Å². The van der Waals surface area contributed by atoms with Crippen LogP contribution in [0.1, 0.15) is 42.0 Å². The normalized spacial score (nSPS) is 23.1. The molecule has 0 spiro atoms. The van der Waals surface area contributed by atoms with Gasteiger partial charge in [-0.05, 0) is 69.1 Å². The first-order valence-corrected chi connectivity index (χ1v) is 11.1. The lowest BCUT2D eigenvalue weighted by Gasteiger charge is -2.28. The highest BCUT2D eigenvalue weighted by Crippen LogP contribution is 2.37. The Morgan fingerprint density at radius 1 is 1.23 bits per heavy atom. The quantitative estimate of drug-likeness (QED) is 0.696. The molecule has 7 nitrogen and oxygen atoms in total. The third-order valence-electron chi connectivity index (χ3n) is 6.95. The molecule has 0 bridgehead atoms. The summed E-state index contributed by atoms with van der Waals surface area (Å²) in [5.74, 6) is 1.92. The Balaban J connectivity index is 1.64. The van der Waals surface area contributed by atoms with Crippen LogP contribution in [0.5, 0.6) is 0 Å². The minimum atomic E-state index is -0.485. The number of fused-ring (bicyclic) bond motifs is 1. The molecule has 2 N–H and O–H groups in total. The van der Waals surface area contributed by atoms with Crippen LogP contribution in [0.25, 0.3) is 16.7 Å². The Bertz CT molecular complexity index is 1090. The number of nitrogen functional groups attached to an aromatic ring is 1.